The first-order valence-corrected chi connectivity index (χ1v) is 8.35. The number of rotatable bonds is 4. The third-order valence-electron chi connectivity index (χ3n) is 4.58. The lowest BCUT2D eigenvalue weighted by molar-refractivity contribution is -0.138. The third-order valence-corrected chi connectivity index (χ3v) is 4.58. The molecule has 4 rings (SSSR count). The van der Waals surface area contributed by atoms with Gasteiger partial charge in [-0.1, -0.05) is 18.2 Å². The summed E-state index contributed by atoms with van der Waals surface area (Å²) in [5, 5.41) is 2.73. The van der Waals surface area contributed by atoms with Gasteiger partial charge in [-0.05, 0) is 36.1 Å². The molecule has 2 heterocycles. The van der Waals surface area contributed by atoms with Crippen molar-refractivity contribution in [1.82, 2.24) is 14.5 Å². The smallest absolute Gasteiger partial charge is 0.324 e. The molecule has 27 heavy (non-hydrogen) atoms. The Morgan fingerprint density at radius 3 is 2.67 bits per heavy atom. The molecule has 1 N–H and O–H groups in total. The zero-order chi connectivity index (χ0) is 19.0. The average molecular weight is 372 g/mol. The predicted molar refractivity (Wildman–Crippen MR) is 92.3 cm³/mol. The second-order valence-corrected chi connectivity index (χ2v) is 6.40. The van der Waals surface area contributed by atoms with Crippen LogP contribution in [0.2, 0.25) is 0 Å². The molecule has 2 atom stereocenters. The molecule has 0 bridgehead atoms. The van der Waals surface area contributed by atoms with Crippen LogP contribution < -0.4 is 5.32 Å². The van der Waals surface area contributed by atoms with E-state index in [4.69, 9.17) is 0 Å². The highest BCUT2D eigenvalue weighted by Gasteiger charge is 2.47. The molecular formula is C19H15F3N4O. The maximum Gasteiger partial charge on any atom is 0.416 e. The van der Waals surface area contributed by atoms with E-state index in [9.17, 15) is 18.0 Å². The molecule has 1 fully saturated rings. The van der Waals surface area contributed by atoms with E-state index in [-0.39, 0.29) is 11.5 Å². The number of amides is 1. The van der Waals surface area contributed by atoms with Crippen LogP contribution in [0, 0.1) is 5.92 Å². The van der Waals surface area contributed by atoms with Gasteiger partial charge in [0, 0.05) is 18.3 Å². The molecule has 0 saturated heterocycles. The minimum Gasteiger partial charge on any atom is -0.324 e. The summed E-state index contributed by atoms with van der Waals surface area (Å²) in [7, 11) is 0. The molecule has 2 aromatic heterocycles. The second kappa shape index (κ2) is 6.53. The number of halogens is 3. The van der Waals surface area contributed by atoms with Crippen molar-refractivity contribution in [2.75, 3.05) is 5.32 Å². The van der Waals surface area contributed by atoms with Gasteiger partial charge in [0.15, 0.2) is 0 Å². The topological polar surface area (TPSA) is 59.8 Å². The quantitative estimate of drug-likeness (QED) is 0.752. The average Bonchev–Trinajstić information content (AvgIpc) is 3.27. The molecule has 1 amide bonds. The number of carbonyl (C=O) groups is 1. The van der Waals surface area contributed by atoms with Crippen LogP contribution in [0.5, 0.6) is 0 Å². The Morgan fingerprint density at radius 2 is 2.00 bits per heavy atom. The molecule has 3 aromatic rings. The van der Waals surface area contributed by atoms with Gasteiger partial charge < -0.3 is 5.32 Å². The molecule has 0 aliphatic heterocycles. The highest BCUT2D eigenvalue weighted by atomic mass is 19.4. The molecule has 138 valence electrons. The summed E-state index contributed by atoms with van der Waals surface area (Å²) in [6, 6.07) is 8.85. The van der Waals surface area contributed by atoms with E-state index in [0.29, 0.717) is 17.9 Å². The lowest BCUT2D eigenvalue weighted by Gasteiger charge is -2.12. The summed E-state index contributed by atoms with van der Waals surface area (Å²) in [5.74, 6) is -0.536. The Labute approximate surface area is 152 Å². The Hall–Kier alpha value is -3.16. The van der Waals surface area contributed by atoms with E-state index in [2.05, 4.69) is 15.3 Å². The van der Waals surface area contributed by atoms with E-state index in [1.165, 1.54) is 18.3 Å². The number of aromatic nitrogens is 3. The SMILES string of the molecule is O=C(Nc1ccc(-n2ccnc2)nc1)C1CC1c1ccccc1C(F)(F)F. The van der Waals surface area contributed by atoms with Crippen LogP contribution in [0.4, 0.5) is 18.9 Å². The Bertz CT molecular complexity index is 952. The molecule has 1 aliphatic carbocycles. The normalized spacial score (nSPS) is 18.9. The number of benzene rings is 1. The number of hydrogen-bond donors (Lipinski definition) is 1. The lowest BCUT2D eigenvalue weighted by atomic mass is 10.0. The van der Waals surface area contributed by atoms with Gasteiger partial charge in [-0.3, -0.25) is 9.36 Å². The molecule has 5 nitrogen and oxygen atoms in total. The standard InChI is InChI=1S/C19H15F3N4O/c20-19(21,22)16-4-2-1-3-13(16)14-9-15(14)18(27)25-12-5-6-17(24-10-12)26-8-7-23-11-26/h1-8,10-11,14-15H,9H2,(H,25,27). The van der Waals surface area contributed by atoms with Gasteiger partial charge in [0.25, 0.3) is 0 Å². The number of nitrogens with zero attached hydrogens (tertiary/aromatic N) is 3. The van der Waals surface area contributed by atoms with Gasteiger partial charge in [0.2, 0.25) is 5.91 Å². The molecule has 0 spiro atoms. The maximum absolute atomic E-state index is 13.2. The Kier molecular flexibility index (Phi) is 4.18. The van der Waals surface area contributed by atoms with Crippen LogP contribution >= 0.6 is 0 Å². The van der Waals surface area contributed by atoms with Crippen LogP contribution in [-0.2, 0) is 11.0 Å². The van der Waals surface area contributed by atoms with Crippen molar-refractivity contribution < 1.29 is 18.0 Å². The van der Waals surface area contributed by atoms with Gasteiger partial charge in [0.1, 0.15) is 12.1 Å². The van der Waals surface area contributed by atoms with Crippen LogP contribution in [0.25, 0.3) is 5.82 Å². The number of carbonyl (C=O) groups excluding carboxylic acids is 1. The summed E-state index contributed by atoms with van der Waals surface area (Å²) in [6.45, 7) is 0. The van der Waals surface area contributed by atoms with Crippen molar-refractivity contribution in [2.45, 2.75) is 18.5 Å². The number of nitrogens with one attached hydrogen (secondary N) is 1. The first-order valence-electron chi connectivity index (χ1n) is 8.35. The summed E-state index contributed by atoms with van der Waals surface area (Å²) < 4.78 is 41.2. The monoisotopic (exact) mass is 372 g/mol. The number of imidazole rings is 1. The van der Waals surface area contributed by atoms with Crippen molar-refractivity contribution in [3.8, 4) is 5.82 Å². The summed E-state index contributed by atoms with van der Waals surface area (Å²) >= 11 is 0. The maximum atomic E-state index is 13.2. The summed E-state index contributed by atoms with van der Waals surface area (Å²) in [5.41, 5.74) is 0.00834. The summed E-state index contributed by atoms with van der Waals surface area (Å²) in [6.07, 6.45) is 2.46. The van der Waals surface area contributed by atoms with Gasteiger partial charge in [-0.15, -0.1) is 0 Å². The fourth-order valence-corrected chi connectivity index (χ4v) is 3.15. The van der Waals surface area contributed by atoms with Crippen LogP contribution in [-0.4, -0.2) is 20.4 Å². The molecule has 8 heteroatoms. The third kappa shape index (κ3) is 3.55. The molecule has 0 radical (unpaired) electrons. The van der Waals surface area contributed by atoms with Crippen molar-refractivity contribution in [1.29, 1.82) is 0 Å². The van der Waals surface area contributed by atoms with Crippen molar-refractivity contribution >= 4 is 11.6 Å². The first-order chi connectivity index (χ1) is 12.9. The number of pyridine rings is 1. The van der Waals surface area contributed by atoms with Crippen LogP contribution in [0.15, 0.2) is 61.3 Å². The van der Waals surface area contributed by atoms with Crippen molar-refractivity contribution in [2.24, 2.45) is 5.92 Å². The number of alkyl halides is 3. The Balaban J connectivity index is 1.44. The summed E-state index contributed by atoms with van der Waals surface area (Å²) in [4.78, 5) is 20.6. The first kappa shape index (κ1) is 17.3. The van der Waals surface area contributed by atoms with Crippen LogP contribution in [0.1, 0.15) is 23.5 Å². The molecule has 1 saturated carbocycles. The lowest BCUT2D eigenvalue weighted by Crippen LogP contribution is -2.16. The van der Waals surface area contributed by atoms with E-state index in [0.717, 1.165) is 6.07 Å². The van der Waals surface area contributed by atoms with Gasteiger partial charge in [0.05, 0.1) is 17.4 Å². The zero-order valence-corrected chi connectivity index (χ0v) is 14.0. The van der Waals surface area contributed by atoms with Crippen molar-refractivity contribution in [3.63, 3.8) is 0 Å². The highest BCUT2D eigenvalue weighted by Crippen LogP contribution is 2.51. The highest BCUT2D eigenvalue weighted by molar-refractivity contribution is 5.95. The fraction of sp³-hybridized carbons (Fsp3) is 0.211. The minimum atomic E-state index is -4.42. The van der Waals surface area contributed by atoms with Gasteiger partial charge in [-0.25, -0.2) is 9.97 Å². The largest absolute Gasteiger partial charge is 0.416 e. The number of anilines is 1. The fourth-order valence-electron chi connectivity index (χ4n) is 3.15. The predicted octanol–water partition coefficient (Wildman–Crippen LogP) is 4.03. The zero-order valence-electron chi connectivity index (χ0n) is 14.0. The molecule has 2 unspecified atom stereocenters. The van der Waals surface area contributed by atoms with E-state index >= 15 is 0 Å². The molecule has 1 aliphatic rings. The molecule has 1 aromatic carbocycles. The van der Waals surface area contributed by atoms with Gasteiger partial charge in [-0.2, -0.15) is 13.2 Å². The van der Waals surface area contributed by atoms with Gasteiger partial charge >= 0.3 is 6.18 Å². The van der Waals surface area contributed by atoms with E-state index < -0.39 is 23.6 Å². The molecular weight excluding hydrogens is 357 g/mol. The Morgan fingerprint density at radius 1 is 1.19 bits per heavy atom. The van der Waals surface area contributed by atoms with Crippen molar-refractivity contribution in [3.05, 3.63) is 72.4 Å². The van der Waals surface area contributed by atoms with E-state index in [1.807, 2.05) is 0 Å². The number of hydrogen-bond acceptors (Lipinski definition) is 3. The second-order valence-electron chi connectivity index (χ2n) is 6.40. The van der Waals surface area contributed by atoms with Crippen LogP contribution in [0.3, 0.4) is 0 Å². The minimum absolute atomic E-state index is 0.179. The van der Waals surface area contributed by atoms with E-state index in [1.54, 1.807) is 41.5 Å².